The Morgan fingerprint density at radius 3 is 3.07 bits per heavy atom. The van der Waals surface area contributed by atoms with Gasteiger partial charge in [-0.2, -0.15) is 0 Å². The van der Waals surface area contributed by atoms with E-state index >= 15 is 0 Å². The summed E-state index contributed by atoms with van der Waals surface area (Å²) in [5.74, 6) is 0.966. The van der Waals surface area contributed by atoms with Crippen LogP contribution in [-0.2, 0) is 11.3 Å². The van der Waals surface area contributed by atoms with E-state index in [1.165, 1.54) is 0 Å². The Bertz CT molecular complexity index is 337. The summed E-state index contributed by atoms with van der Waals surface area (Å²) >= 11 is 3.24. The van der Waals surface area contributed by atoms with Crippen molar-refractivity contribution in [3.63, 3.8) is 0 Å². The fraction of sp³-hybridized carbons (Fsp3) is 0.444. The molecule has 0 atom stereocenters. The maximum atomic E-state index is 11.1. The van der Waals surface area contributed by atoms with Gasteiger partial charge < -0.3 is 9.73 Å². The summed E-state index contributed by atoms with van der Waals surface area (Å²) < 4.78 is 6.10. The number of furan rings is 1. The Balaban J connectivity index is 1.93. The van der Waals surface area contributed by atoms with Crippen LogP contribution >= 0.6 is 15.9 Å². The van der Waals surface area contributed by atoms with Crippen molar-refractivity contribution >= 4 is 21.8 Å². The van der Waals surface area contributed by atoms with Crippen LogP contribution in [0.25, 0.3) is 0 Å². The summed E-state index contributed by atoms with van der Waals surface area (Å²) in [5, 5.41) is 2.78. The molecular formula is C9H11BrN2O2. The van der Waals surface area contributed by atoms with Gasteiger partial charge in [-0.15, -0.1) is 0 Å². The van der Waals surface area contributed by atoms with Gasteiger partial charge >= 0.3 is 0 Å². The van der Waals surface area contributed by atoms with Crippen LogP contribution in [0.3, 0.4) is 0 Å². The first-order valence-corrected chi connectivity index (χ1v) is 5.26. The van der Waals surface area contributed by atoms with Crippen LogP contribution in [-0.4, -0.2) is 30.4 Å². The van der Waals surface area contributed by atoms with E-state index in [0.717, 1.165) is 23.5 Å². The average Bonchev–Trinajstić information content (AvgIpc) is 2.51. The van der Waals surface area contributed by atoms with E-state index in [4.69, 9.17) is 4.42 Å². The summed E-state index contributed by atoms with van der Waals surface area (Å²) in [7, 11) is 0. The van der Waals surface area contributed by atoms with E-state index in [0.29, 0.717) is 13.1 Å². The quantitative estimate of drug-likeness (QED) is 0.860. The van der Waals surface area contributed by atoms with Crippen molar-refractivity contribution in [2.75, 3.05) is 19.6 Å². The summed E-state index contributed by atoms with van der Waals surface area (Å²) in [6.07, 6.45) is 0. The molecular weight excluding hydrogens is 248 g/mol. The second-order valence-electron chi connectivity index (χ2n) is 3.27. The van der Waals surface area contributed by atoms with E-state index in [2.05, 4.69) is 26.1 Å². The average molecular weight is 259 g/mol. The molecule has 0 aliphatic carbocycles. The molecule has 1 aliphatic rings. The predicted octanol–water partition coefficient (Wildman–Crippen LogP) is 0.974. The second kappa shape index (κ2) is 4.14. The monoisotopic (exact) mass is 258 g/mol. The molecule has 14 heavy (non-hydrogen) atoms. The van der Waals surface area contributed by atoms with Crippen LogP contribution in [0.2, 0.25) is 0 Å². The number of hydrogen-bond donors (Lipinski definition) is 1. The number of nitrogens with one attached hydrogen (secondary N) is 1. The molecule has 0 spiro atoms. The molecule has 0 unspecified atom stereocenters. The number of carbonyl (C=O) groups excluding carboxylic acids is 1. The third kappa shape index (κ3) is 2.36. The topological polar surface area (TPSA) is 45.5 Å². The summed E-state index contributed by atoms with van der Waals surface area (Å²) in [6, 6.07) is 3.77. The van der Waals surface area contributed by atoms with E-state index in [-0.39, 0.29) is 5.91 Å². The first kappa shape index (κ1) is 9.73. The number of halogens is 1. The maximum Gasteiger partial charge on any atom is 0.234 e. The van der Waals surface area contributed by atoms with Gasteiger partial charge in [0.05, 0.1) is 13.1 Å². The summed E-state index contributed by atoms with van der Waals surface area (Å²) in [6.45, 7) is 2.75. The van der Waals surface area contributed by atoms with Crippen molar-refractivity contribution < 1.29 is 9.21 Å². The van der Waals surface area contributed by atoms with Crippen molar-refractivity contribution in [1.29, 1.82) is 0 Å². The zero-order chi connectivity index (χ0) is 9.97. The second-order valence-corrected chi connectivity index (χ2v) is 4.05. The minimum absolute atomic E-state index is 0.0851. The molecule has 1 fully saturated rings. The predicted molar refractivity (Wildman–Crippen MR) is 54.7 cm³/mol. The van der Waals surface area contributed by atoms with Gasteiger partial charge in [0.15, 0.2) is 4.67 Å². The molecule has 5 heteroatoms. The zero-order valence-electron chi connectivity index (χ0n) is 7.62. The number of hydrogen-bond acceptors (Lipinski definition) is 3. The Kier molecular flexibility index (Phi) is 2.88. The number of amides is 1. The van der Waals surface area contributed by atoms with Gasteiger partial charge in [0, 0.05) is 13.1 Å². The van der Waals surface area contributed by atoms with Crippen molar-refractivity contribution in [3.05, 3.63) is 22.6 Å². The molecule has 2 heterocycles. The molecule has 1 aromatic heterocycles. The molecule has 1 saturated heterocycles. The molecule has 0 saturated carbocycles. The number of rotatable bonds is 2. The molecule has 2 rings (SSSR count). The number of nitrogens with zero attached hydrogens (tertiary/aromatic N) is 1. The molecule has 1 amide bonds. The molecule has 1 N–H and O–H groups in total. The fourth-order valence-corrected chi connectivity index (χ4v) is 1.82. The molecule has 0 bridgehead atoms. The summed E-state index contributed by atoms with van der Waals surface area (Å²) in [5.41, 5.74) is 0. The lowest BCUT2D eigenvalue weighted by Gasteiger charge is -2.25. The maximum absolute atomic E-state index is 11.1. The van der Waals surface area contributed by atoms with Gasteiger partial charge in [0.1, 0.15) is 5.76 Å². The van der Waals surface area contributed by atoms with Crippen LogP contribution < -0.4 is 5.32 Å². The number of piperazine rings is 1. The minimum atomic E-state index is 0.0851. The summed E-state index contributed by atoms with van der Waals surface area (Å²) in [4.78, 5) is 13.1. The fourth-order valence-electron chi connectivity index (χ4n) is 1.48. The highest BCUT2D eigenvalue weighted by atomic mass is 79.9. The Morgan fingerprint density at radius 2 is 2.43 bits per heavy atom. The van der Waals surface area contributed by atoms with Gasteiger partial charge in [-0.1, -0.05) is 0 Å². The standard InChI is InChI=1S/C9H11BrN2O2/c10-8-2-1-7(14-8)5-12-4-3-11-9(13)6-12/h1-2H,3-6H2,(H,11,13). The van der Waals surface area contributed by atoms with Crippen molar-refractivity contribution in [3.8, 4) is 0 Å². The lowest BCUT2D eigenvalue weighted by atomic mass is 10.3. The van der Waals surface area contributed by atoms with Gasteiger partial charge in [0.2, 0.25) is 5.91 Å². The zero-order valence-corrected chi connectivity index (χ0v) is 9.21. The molecule has 1 aromatic rings. The lowest BCUT2D eigenvalue weighted by Crippen LogP contribution is -2.47. The lowest BCUT2D eigenvalue weighted by molar-refractivity contribution is -0.124. The van der Waals surface area contributed by atoms with Crippen molar-refractivity contribution in [1.82, 2.24) is 10.2 Å². The highest BCUT2D eigenvalue weighted by Gasteiger charge is 2.16. The van der Waals surface area contributed by atoms with E-state index in [1.54, 1.807) is 0 Å². The largest absolute Gasteiger partial charge is 0.453 e. The number of carbonyl (C=O) groups is 1. The first-order chi connectivity index (χ1) is 6.74. The molecule has 0 aromatic carbocycles. The van der Waals surface area contributed by atoms with E-state index in [9.17, 15) is 4.79 Å². The van der Waals surface area contributed by atoms with Gasteiger partial charge in [-0.25, -0.2) is 0 Å². The van der Waals surface area contributed by atoms with Gasteiger partial charge in [0.25, 0.3) is 0 Å². The SMILES string of the molecule is O=C1CN(Cc2ccc(Br)o2)CCN1. The molecule has 1 aliphatic heterocycles. The van der Waals surface area contributed by atoms with Crippen LogP contribution in [0.5, 0.6) is 0 Å². The van der Waals surface area contributed by atoms with Crippen LogP contribution in [0.4, 0.5) is 0 Å². The van der Waals surface area contributed by atoms with E-state index in [1.807, 2.05) is 12.1 Å². The van der Waals surface area contributed by atoms with Crippen molar-refractivity contribution in [2.45, 2.75) is 6.54 Å². The van der Waals surface area contributed by atoms with Gasteiger partial charge in [-0.05, 0) is 28.1 Å². The molecule has 76 valence electrons. The third-order valence-corrected chi connectivity index (χ3v) is 2.55. The van der Waals surface area contributed by atoms with E-state index < -0.39 is 0 Å². The highest BCUT2D eigenvalue weighted by Crippen LogP contribution is 2.15. The highest BCUT2D eigenvalue weighted by molar-refractivity contribution is 9.10. The Labute approximate surface area is 90.4 Å². The minimum Gasteiger partial charge on any atom is -0.453 e. The molecule has 4 nitrogen and oxygen atoms in total. The van der Waals surface area contributed by atoms with Gasteiger partial charge in [-0.3, -0.25) is 9.69 Å². The van der Waals surface area contributed by atoms with Crippen molar-refractivity contribution in [2.24, 2.45) is 0 Å². The van der Waals surface area contributed by atoms with Crippen LogP contribution in [0.15, 0.2) is 21.2 Å². The Morgan fingerprint density at radius 1 is 1.57 bits per heavy atom. The third-order valence-electron chi connectivity index (χ3n) is 2.13. The van der Waals surface area contributed by atoms with Crippen LogP contribution in [0.1, 0.15) is 5.76 Å². The Hall–Kier alpha value is -0.810. The first-order valence-electron chi connectivity index (χ1n) is 4.47. The molecule has 0 radical (unpaired) electrons. The smallest absolute Gasteiger partial charge is 0.234 e. The van der Waals surface area contributed by atoms with Crippen LogP contribution in [0, 0.1) is 0 Å². The normalized spacial score (nSPS) is 18.2.